The largest absolute Gasteiger partial charge is 0.352 e. The molecule has 0 heterocycles. The van der Waals surface area contributed by atoms with Crippen LogP contribution in [-0.4, -0.2) is 31.4 Å². The zero-order chi connectivity index (χ0) is 19.2. The van der Waals surface area contributed by atoms with Gasteiger partial charge in [-0.05, 0) is 24.1 Å². The van der Waals surface area contributed by atoms with Crippen LogP contribution in [-0.2, 0) is 27.9 Å². The molecule has 2 rings (SSSR count). The zero-order valence-electron chi connectivity index (χ0n) is 14.9. The number of sulfonamides is 1. The SMILES string of the molecule is Cc1ccccc1CN(CCC(=O)NCc1ccccc1F)S(C)(=O)=O. The van der Waals surface area contributed by atoms with Gasteiger partial charge in [0.05, 0.1) is 6.26 Å². The third-order valence-electron chi connectivity index (χ3n) is 4.10. The lowest BCUT2D eigenvalue weighted by Gasteiger charge is -2.20. The molecule has 0 fully saturated rings. The number of hydrogen-bond donors (Lipinski definition) is 1. The summed E-state index contributed by atoms with van der Waals surface area (Å²) < 4.78 is 38.9. The standard InChI is InChI=1S/C19H23FN2O3S/c1-15-7-3-4-9-17(15)14-22(26(2,24)25)12-11-19(23)21-13-16-8-5-6-10-18(16)20/h3-10H,11-14H2,1-2H3,(H,21,23). The lowest BCUT2D eigenvalue weighted by molar-refractivity contribution is -0.121. The Morgan fingerprint density at radius 3 is 2.31 bits per heavy atom. The number of carbonyl (C=O) groups excluding carboxylic acids is 1. The number of nitrogens with zero attached hydrogens (tertiary/aromatic N) is 1. The molecule has 0 spiro atoms. The predicted octanol–water partition coefficient (Wildman–Crippen LogP) is 2.60. The van der Waals surface area contributed by atoms with Crippen molar-refractivity contribution in [2.45, 2.75) is 26.4 Å². The summed E-state index contributed by atoms with van der Waals surface area (Å²) in [5.74, 6) is -0.711. The predicted molar refractivity (Wildman–Crippen MR) is 99.3 cm³/mol. The zero-order valence-corrected chi connectivity index (χ0v) is 15.7. The van der Waals surface area contributed by atoms with E-state index in [9.17, 15) is 17.6 Å². The molecular weight excluding hydrogens is 355 g/mol. The number of benzene rings is 2. The topological polar surface area (TPSA) is 66.5 Å². The minimum Gasteiger partial charge on any atom is -0.352 e. The highest BCUT2D eigenvalue weighted by Gasteiger charge is 2.19. The molecule has 0 unspecified atom stereocenters. The van der Waals surface area contributed by atoms with Gasteiger partial charge in [0, 0.05) is 31.6 Å². The van der Waals surface area contributed by atoms with Gasteiger partial charge in [0.25, 0.3) is 0 Å². The fourth-order valence-electron chi connectivity index (χ4n) is 2.49. The van der Waals surface area contributed by atoms with Gasteiger partial charge in [-0.2, -0.15) is 4.31 Å². The summed E-state index contributed by atoms with van der Waals surface area (Å²) in [6, 6.07) is 13.7. The summed E-state index contributed by atoms with van der Waals surface area (Å²) in [6.45, 7) is 2.27. The summed E-state index contributed by atoms with van der Waals surface area (Å²) in [4.78, 5) is 12.0. The number of aryl methyl sites for hydroxylation is 1. The second kappa shape index (κ2) is 8.91. The molecule has 0 saturated heterocycles. The maximum Gasteiger partial charge on any atom is 0.221 e. The summed E-state index contributed by atoms with van der Waals surface area (Å²) in [5, 5.41) is 2.62. The smallest absolute Gasteiger partial charge is 0.221 e. The molecule has 2 aromatic rings. The third kappa shape index (κ3) is 5.93. The molecule has 0 atom stereocenters. The van der Waals surface area contributed by atoms with Crippen molar-refractivity contribution >= 4 is 15.9 Å². The lowest BCUT2D eigenvalue weighted by atomic mass is 10.1. The van der Waals surface area contributed by atoms with E-state index in [0.29, 0.717) is 5.56 Å². The molecule has 1 N–H and O–H groups in total. The minimum atomic E-state index is -3.46. The monoisotopic (exact) mass is 378 g/mol. The van der Waals surface area contributed by atoms with E-state index in [1.807, 2.05) is 31.2 Å². The normalized spacial score (nSPS) is 11.5. The summed E-state index contributed by atoms with van der Waals surface area (Å²) >= 11 is 0. The maximum absolute atomic E-state index is 13.6. The van der Waals surface area contributed by atoms with Crippen molar-refractivity contribution in [2.75, 3.05) is 12.8 Å². The molecule has 2 aromatic carbocycles. The third-order valence-corrected chi connectivity index (χ3v) is 5.35. The highest BCUT2D eigenvalue weighted by atomic mass is 32.2. The van der Waals surface area contributed by atoms with Crippen molar-refractivity contribution in [3.8, 4) is 0 Å². The molecule has 0 bridgehead atoms. The molecule has 140 valence electrons. The Hall–Kier alpha value is -2.25. The van der Waals surface area contributed by atoms with Crippen LogP contribution in [0.3, 0.4) is 0 Å². The van der Waals surface area contributed by atoms with Crippen LogP contribution >= 0.6 is 0 Å². The molecule has 0 aromatic heterocycles. The molecule has 7 heteroatoms. The van der Waals surface area contributed by atoms with Gasteiger partial charge < -0.3 is 5.32 Å². The highest BCUT2D eigenvalue weighted by Crippen LogP contribution is 2.13. The van der Waals surface area contributed by atoms with Gasteiger partial charge in [-0.1, -0.05) is 42.5 Å². The van der Waals surface area contributed by atoms with Crippen LogP contribution in [0.2, 0.25) is 0 Å². The molecule has 1 amide bonds. The molecular formula is C19H23FN2O3S. The van der Waals surface area contributed by atoms with Gasteiger partial charge in [0.1, 0.15) is 5.82 Å². The van der Waals surface area contributed by atoms with Crippen LogP contribution in [0.5, 0.6) is 0 Å². The van der Waals surface area contributed by atoms with Crippen LogP contribution < -0.4 is 5.32 Å². The van der Waals surface area contributed by atoms with Crippen molar-refractivity contribution in [2.24, 2.45) is 0 Å². The quantitative estimate of drug-likeness (QED) is 0.768. The van der Waals surface area contributed by atoms with Crippen molar-refractivity contribution < 1.29 is 17.6 Å². The Kier molecular flexibility index (Phi) is 6.88. The van der Waals surface area contributed by atoms with Crippen LogP contribution in [0.4, 0.5) is 4.39 Å². The first kappa shape index (κ1) is 20.1. The molecule has 0 aliphatic carbocycles. The average molecular weight is 378 g/mol. The van der Waals surface area contributed by atoms with Crippen LogP contribution in [0.15, 0.2) is 48.5 Å². The summed E-state index contributed by atoms with van der Waals surface area (Å²) in [6.07, 6.45) is 1.13. The van der Waals surface area contributed by atoms with Gasteiger partial charge in [0.15, 0.2) is 0 Å². The molecule has 0 saturated carbocycles. The Bertz CT molecular complexity index is 869. The Morgan fingerprint density at radius 1 is 1.08 bits per heavy atom. The molecule has 5 nitrogen and oxygen atoms in total. The number of halogens is 1. The van der Waals surface area contributed by atoms with Crippen LogP contribution in [0.25, 0.3) is 0 Å². The first-order valence-electron chi connectivity index (χ1n) is 8.27. The van der Waals surface area contributed by atoms with E-state index < -0.39 is 10.0 Å². The van der Waals surface area contributed by atoms with E-state index in [0.717, 1.165) is 17.4 Å². The van der Waals surface area contributed by atoms with E-state index in [2.05, 4.69) is 5.32 Å². The fraction of sp³-hybridized carbons (Fsp3) is 0.316. The van der Waals surface area contributed by atoms with Gasteiger partial charge in [0.2, 0.25) is 15.9 Å². The average Bonchev–Trinajstić information content (AvgIpc) is 2.58. The Morgan fingerprint density at radius 2 is 1.69 bits per heavy atom. The molecule has 26 heavy (non-hydrogen) atoms. The molecule has 0 aliphatic rings. The van der Waals surface area contributed by atoms with Gasteiger partial charge in [-0.15, -0.1) is 0 Å². The fourth-order valence-corrected chi connectivity index (χ4v) is 3.29. The van der Waals surface area contributed by atoms with E-state index in [4.69, 9.17) is 0 Å². The summed E-state index contributed by atoms with van der Waals surface area (Å²) in [5.41, 5.74) is 2.27. The second-order valence-electron chi connectivity index (χ2n) is 6.14. The lowest BCUT2D eigenvalue weighted by Crippen LogP contribution is -2.34. The summed E-state index contributed by atoms with van der Waals surface area (Å²) in [7, 11) is -3.46. The first-order valence-corrected chi connectivity index (χ1v) is 10.1. The first-order chi connectivity index (χ1) is 12.3. The molecule has 0 aliphatic heterocycles. The van der Waals surface area contributed by atoms with Crippen LogP contribution in [0, 0.1) is 12.7 Å². The Labute approximate surface area is 153 Å². The number of hydrogen-bond acceptors (Lipinski definition) is 3. The van der Waals surface area contributed by atoms with Crippen molar-refractivity contribution in [1.29, 1.82) is 0 Å². The number of amides is 1. The van der Waals surface area contributed by atoms with Gasteiger partial charge in [-0.3, -0.25) is 4.79 Å². The minimum absolute atomic E-state index is 0.00735. The second-order valence-corrected chi connectivity index (χ2v) is 8.12. The van der Waals surface area contributed by atoms with Gasteiger partial charge >= 0.3 is 0 Å². The highest BCUT2D eigenvalue weighted by molar-refractivity contribution is 7.88. The number of nitrogens with one attached hydrogen (secondary N) is 1. The van der Waals surface area contributed by atoms with E-state index in [1.165, 1.54) is 10.4 Å². The van der Waals surface area contributed by atoms with Crippen molar-refractivity contribution in [3.63, 3.8) is 0 Å². The van der Waals surface area contributed by atoms with E-state index in [-0.39, 0.29) is 37.8 Å². The molecule has 0 radical (unpaired) electrons. The number of carbonyl (C=O) groups is 1. The number of rotatable bonds is 8. The van der Waals surface area contributed by atoms with Crippen LogP contribution in [0.1, 0.15) is 23.1 Å². The Balaban J connectivity index is 1.94. The van der Waals surface area contributed by atoms with E-state index >= 15 is 0 Å². The van der Waals surface area contributed by atoms with E-state index in [1.54, 1.807) is 18.2 Å². The van der Waals surface area contributed by atoms with Crippen molar-refractivity contribution in [3.05, 3.63) is 71.0 Å². The van der Waals surface area contributed by atoms with Gasteiger partial charge in [-0.25, -0.2) is 12.8 Å². The van der Waals surface area contributed by atoms with Crippen molar-refractivity contribution in [1.82, 2.24) is 9.62 Å². The maximum atomic E-state index is 13.6.